The van der Waals surface area contributed by atoms with Crippen LogP contribution in [0.15, 0.2) is 18.2 Å². The van der Waals surface area contributed by atoms with Crippen molar-refractivity contribution in [3.05, 3.63) is 29.6 Å². The van der Waals surface area contributed by atoms with Gasteiger partial charge in [-0.25, -0.2) is 4.39 Å². The van der Waals surface area contributed by atoms with Crippen LogP contribution >= 0.6 is 12.6 Å². The zero-order valence-corrected chi connectivity index (χ0v) is 9.69. The second-order valence-electron chi connectivity index (χ2n) is 3.11. The fourth-order valence-electron chi connectivity index (χ4n) is 1.28. The van der Waals surface area contributed by atoms with E-state index in [1.54, 1.807) is 6.07 Å². The lowest BCUT2D eigenvalue weighted by Gasteiger charge is -2.06. The second kappa shape index (κ2) is 6.69. The zero-order valence-electron chi connectivity index (χ0n) is 8.79. The van der Waals surface area contributed by atoms with E-state index < -0.39 is 0 Å². The lowest BCUT2D eigenvalue weighted by atomic mass is 10.1. The van der Waals surface area contributed by atoms with Crippen LogP contribution < -0.4 is 10.1 Å². The lowest BCUT2D eigenvalue weighted by molar-refractivity contribution is 0.321. The fraction of sp³-hybridized carbons (Fsp3) is 0.455. The Hall–Kier alpha value is -0.740. The molecule has 2 nitrogen and oxygen atoms in total. The topological polar surface area (TPSA) is 21.3 Å². The Labute approximate surface area is 95.2 Å². The summed E-state index contributed by atoms with van der Waals surface area (Å²) < 4.78 is 18.5. The van der Waals surface area contributed by atoms with Gasteiger partial charge in [0, 0.05) is 5.88 Å². The van der Waals surface area contributed by atoms with E-state index in [4.69, 9.17) is 4.74 Å². The summed E-state index contributed by atoms with van der Waals surface area (Å²) in [5.41, 5.74) is 0.963. The molecule has 0 spiro atoms. The highest BCUT2D eigenvalue weighted by atomic mass is 32.1. The highest BCUT2D eigenvalue weighted by Crippen LogP contribution is 2.18. The molecule has 0 bridgehead atoms. The molecule has 0 aliphatic rings. The molecule has 0 fully saturated rings. The standard InChI is InChI=1S/C11H16FNOS/c1-2-14-11-4-3-9(7-10(11)12)5-6-13-8-15/h3-4,7,13,15H,2,5-6,8H2,1H3. The molecule has 0 unspecified atom stereocenters. The summed E-state index contributed by atoms with van der Waals surface area (Å²) in [5.74, 6) is 0.670. The average molecular weight is 229 g/mol. The molecule has 0 aliphatic heterocycles. The van der Waals surface area contributed by atoms with Crippen LogP contribution in [0, 0.1) is 5.82 Å². The van der Waals surface area contributed by atoms with Crippen molar-refractivity contribution in [3.8, 4) is 5.75 Å². The molecule has 0 aromatic heterocycles. The van der Waals surface area contributed by atoms with Crippen LogP contribution in [0.5, 0.6) is 5.75 Å². The molecule has 0 heterocycles. The third-order valence-electron chi connectivity index (χ3n) is 2.00. The highest BCUT2D eigenvalue weighted by Gasteiger charge is 2.03. The van der Waals surface area contributed by atoms with Crippen molar-refractivity contribution in [2.45, 2.75) is 13.3 Å². The number of benzene rings is 1. The molecule has 0 saturated carbocycles. The number of nitrogens with one attached hydrogen (secondary N) is 1. The average Bonchev–Trinajstić information content (AvgIpc) is 2.23. The molecular weight excluding hydrogens is 213 g/mol. The number of hydrogen-bond acceptors (Lipinski definition) is 3. The van der Waals surface area contributed by atoms with Crippen LogP contribution in [-0.2, 0) is 6.42 Å². The monoisotopic (exact) mass is 229 g/mol. The highest BCUT2D eigenvalue weighted by molar-refractivity contribution is 7.80. The first-order valence-electron chi connectivity index (χ1n) is 5.00. The second-order valence-corrected chi connectivity index (χ2v) is 3.42. The van der Waals surface area contributed by atoms with Crippen LogP contribution in [0.25, 0.3) is 0 Å². The van der Waals surface area contributed by atoms with Crippen LogP contribution in [0.4, 0.5) is 4.39 Å². The molecule has 1 aromatic carbocycles. The lowest BCUT2D eigenvalue weighted by Crippen LogP contribution is -2.14. The van der Waals surface area contributed by atoms with Crippen LogP contribution in [0.2, 0.25) is 0 Å². The van der Waals surface area contributed by atoms with Crippen LogP contribution in [-0.4, -0.2) is 19.0 Å². The van der Waals surface area contributed by atoms with E-state index in [-0.39, 0.29) is 5.82 Å². The Kier molecular flexibility index (Phi) is 5.50. The van der Waals surface area contributed by atoms with Gasteiger partial charge in [0.1, 0.15) is 0 Å². The zero-order chi connectivity index (χ0) is 11.1. The van der Waals surface area contributed by atoms with Gasteiger partial charge in [-0.1, -0.05) is 6.07 Å². The normalized spacial score (nSPS) is 10.3. The summed E-state index contributed by atoms with van der Waals surface area (Å²) in [5, 5.41) is 3.07. The van der Waals surface area contributed by atoms with Gasteiger partial charge in [-0.3, -0.25) is 0 Å². The third-order valence-corrected chi connectivity index (χ3v) is 2.22. The van der Waals surface area contributed by atoms with Gasteiger partial charge in [-0.15, -0.1) is 0 Å². The molecular formula is C11H16FNOS. The molecule has 1 N–H and O–H groups in total. The van der Waals surface area contributed by atoms with Crippen LogP contribution in [0.3, 0.4) is 0 Å². The minimum atomic E-state index is -0.291. The molecule has 84 valence electrons. The first-order chi connectivity index (χ1) is 7.27. The summed E-state index contributed by atoms with van der Waals surface area (Å²) in [6, 6.07) is 5.08. The molecule has 4 heteroatoms. The Morgan fingerprint density at radius 1 is 1.47 bits per heavy atom. The van der Waals surface area contributed by atoms with Crippen molar-refractivity contribution >= 4 is 12.6 Å². The summed E-state index contributed by atoms with van der Waals surface area (Å²) in [7, 11) is 0. The molecule has 0 atom stereocenters. The smallest absolute Gasteiger partial charge is 0.165 e. The first kappa shape index (κ1) is 12.3. The van der Waals surface area contributed by atoms with Gasteiger partial charge in [0.25, 0.3) is 0 Å². The number of halogens is 1. The molecule has 1 rings (SSSR count). The van der Waals surface area contributed by atoms with Crippen molar-refractivity contribution in [2.75, 3.05) is 19.0 Å². The third kappa shape index (κ3) is 4.10. The number of rotatable bonds is 6. The van der Waals surface area contributed by atoms with Gasteiger partial charge in [0.05, 0.1) is 6.61 Å². The van der Waals surface area contributed by atoms with Gasteiger partial charge >= 0.3 is 0 Å². The maximum absolute atomic E-state index is 13.4. The van der Waals surface area contributed by atoms with E-state index in [0.29, 0.717) is 18.2 Å². The molecule has 15 heavy (non-hydrogen) atoms. The summed E-state index contributed by atoms with van der Waals surface area (Å²) >= 11 is 4.03. The van der Waals surface area contributed by atoms with E-state index >= 15 is 0 Å². The maximum atomic E-state index is 13.4. The minimum Gasteiger partial charge on any atom is -0.491 e. The SMILES string of the molecule is CCOc1ccc(CCNCS)cc1F. The number of hydrogen-bond donors (Lipinski definition) is 2. The Balaban J connectivity index is 2.56. The quantitative estimate of drug-likeness (QED) is 0.443. The van der Waals surface area contributed by atoms with Crippen LogP contribution in [0.1, 0.15) is 12.5 Å². The fourth-order valence-corrected chi connectivity index (χ4v) is 1.44. The van der Waals surface area contributed by atoms with E-state index in [0.717, 1.165) is 18.5 Å². The van der Waals surface area contributed by atoms with E-state index in [2.05, 4.69) is 17.9 Å². The number of thiol groups is 1. The van der Waals surface area contributed by atoms with E-state index in [1.807, 2.05) is 13.0 Å². The van der Waals surface area contributed by atoms with Gasteiger partial charge in [0.15, 0.2) is 11.6 Å². The summed E-state index contributed by atoms with van der Waals surface area (Å²) in [6.45, 7) is 3.12. The van der Waals surface area contributed by atoms with Crippen molar-refractivity contribution in [2.24, 2.45) is 0 Å². The van der Waals surface area contributed by atoms with Crippen molar-refractivity contribution in [1.82, 2.24) is 5.32 Å². The largest absolute Gasteiger partial charge is 0.491 e. The molecule has 0 aliphatic carbocycles. The van der Waals surface area contributed by atoms with E-state index in [9.17, 15) is 4.39 Å². The maximum Gasteiger partial charge on any atom is 0.165 e. The molecule has 0 amide bonds. The van der Waals surface area contributed by atoms with Gasteiger partial charge < -0.3 is 10.1 Å². The van der Waals surface area contributed by atoms with Gasteiger partial charge in [-0.2, -0.15) is 12.6 Å². The Morgan fingerprint density at radius 3 is 2.87 bits per heavy atom. The molecule has 1 aromatic rings. The number of ether oxygens (including phenoxy) is 1. The van der Waals surface area contributed by atoms with Crippen molar-refractivity contribution in [1.29, 1.82) is 0 Å². The summed E-state index contributed by atoms with van der Waals surface area (Å²) in [4.78, 5) is 0. The minimum absolute atomic E-state index is 0.291. The Bertz CT molecular complexity index is 307. The van der Waals surface area contributed by atoms with Crippen molar-refractivity contribution < 1.29 is 9.13 Å². The first-order valence-corrected chi connectivity index (χ1v) is 5.64. The van der Waals surface area contributed by atoms with Gasteiger partial charge in [-0.05, 0) is 37.6 Å². The van der Waals surface area contributed by atoms with Crippen molar-refractivity contribution in [3.63, 3.8) is 0 Å². The summed E-state index contributed by atoms with van der Waals surface area (Å²) in [6.07, 6.45) is 0.796. The van der Waals surface area contributed by atoms with E-state index in [1.165, 1.54) is 6.07 Å². The molecule has 0 saturated heterocycles. The molecule has 0 radical (unpaired) electrons. The Morgan fingerprint density at radius 2 is 2.27 bits per heavy atom. The van der Waals surface area contributed by atoms with Gasteiger partial charge in [0.2, 0.25) is 0 Å². The predicted molar refractivity (Wildman–Crippen MR) is 63.1 cm³/mol. The predicted octanol–water partition coefficient (Wildman–Crippen LogP) is 2.24.